The Morgan fingerprint density at radius 2 is 0.867 bits per heavy atom. The number of carbonyl (C=O) groups excluding carboxylic acids is 4. The van der Waals surface area contributed by atoms with Gasteiger partial charge in [-0.3, -0.25) is 39.8 Å². The molecule has 27 nitrogen and oxygen atoms in total. The maximum absolute atomic E-state index is 15.2. The van der Waals surface area contributed by atoms with E-state index in [1.165, 1.54) is 48.8 Å². The van der Waals surface area contributed by atoms with Crippen molar-refractivity contribution in [1.29, 1.82) is 0 Å². The summed E-state index contributed by atoms with van der Waals surface area (Å²) in [6.45, 7) is 4.30. The van der Waals surface area contributed by atoms with Gasteiger partial charge in [0.1, 0.15) is 22.1 Å². The minimum Gasteiger partial charge on any atom is -0.352 e. The summed E-state index contributed by atoms with van der Waals surface area (Å²) in [4.78, 5) is 90.9. The first-order valence-corrected chi connectivity index (χ1v) is 37.3. The highest BCUT2D eigenvalue weighted by Crippen LogP contribution is 2.39. The van der Waals surface area contributed by atoms with Crippen molar-refractivity contribution in [3.63, 3.8) is 0 Å². The highest BCUT2D eigenvalue weighted by atomic mass is 79.9. The van der Waals surface area contributed by atoms with Crippen LogP contribution in [-0.2, 0) is 13.0 Å². The van der Waals surface area contributed by atoms with Gasteiger partial charge in [-0.25, -0.2) is 42.5 Å². The van der Waals surface area contributed by atoms with Crippen molar-refractivity contribution in [3.8, 4) is 0 Å². The van der Waals surface area contributed by atoms with Gasteiger partial charge in [-0.1, -0.05) is 95.5 Å². The first-order chi connectivity index (χ1) is 54.6. The third-order valence-corrected chi connectivity index (χ3v) is 19.4. The van der Waals surface area contributed by atoms with E-state index >= 15 is 17.6 Å². The van der Waals surface area contributed by atoms with Gasteiger partial charge in [0.05, 0.1) is 126 Å². The molecule has 16 aromatic rings. The maximum atomic E-state index is 15.2. The maximum Gasteiger partial charge on any atom is 0.270 e. The van der Waals surface area contributed by atoms with E-state index in [1.807, 2.05) is 38.1 Å². The third kappa shape index (κ3) is 18.8. The van der Waals surface area contributed by atoms with Crippen LogP contribution >= 0.6 is 89.6 Å². The van der Waals surface area contributed by atoms with Gasteiger partial charge in [0.2, 0.25) is 0 Å². The second-order valence-corrected chi connectivity index (χ2v) is 28.5. The number of nitrogens with zero attached hydrogens (tertiary/aromatic N) is 10. The summed E-state index contributed by atoms with van der Waals surface area (Å²) >= 11 is 32.4. The van der Waals surface area contributed by atoms with Crippen LogP contribution in [0.15, 0.2) is 192 Å². The summed E-state index contributed by atoms with van der Waals surface area (Å²) in [5, 5.41) is 39.5. The average Bonchev–Trinajstić information content (AvgIpc) is 1.75. The fourth-order valence-corrected chi connectivity index (χ4v) is 13.6. The number of imidazole rings is 4. The number of H-pyrrole nitrogens is 5. The van der Waals surface area contributed by atoms with Crippen LogP contribution in [0.4, 0.5) is 74.1 Å². The molecule has 0 bridgehead atoms. The topological polar surface area (TPSA) is 372 Å². The molecule has 0 saturated heterocycles. The Kier molecular flexibility index (Phi) is 24.9. The molecule has 113 heavy (non-hydrogen) atoms. The van der Waals surface area contributed by atoms with Gasteiger partial charge < -0.3 is 51.8 Å². The summed E-state index contributed by atoms with van der Waals surface area (Å²) in [5.41, 5.74) is 7.99. The van der Waals surface area contributed by atoms with Crippen LogP contribution < -0.4 is 42.5 Å². The second-order valence-electron chi connectivity index (χ2n) is 24.1. The van der Waals surface area contributed by atoms with Crippen molar-refractivity contribution in [2.45, 2.75) is 26.8 Å². The highest BCUT2D eigenvalue weighted by molar-refractivity contribution is 9.10. The van der Waals surface area contributed by atoms with E-state index in [1.54, 1.807) is 121 Å². The molecule has 13 N–H and O–H groups in total. The molecule has 0 unspecified atom stereocenters. The van der Waals surface area contributed by atoms with Crippen LogP contribution in [0.2, 0.25) is 20.1 Å². The lowest BCUT2D eigenvalue weighted by molar-refractivity contribution is 0.0944. The van der Waals surface area contributed by atoms with Crippen LogP contribution in [0, 0.1) is 37.1 Å². The number of aromatic nitrogens is 15. The number of hydrogen-bond donors (Lipinski definition) is 13. The minimum absolute atomic E-state index is 0.00744. The van der Waals surface area contributed by atoms with Crippen LogP contribution in [0.1, 0.15) is 63.9 Å². The van der Waals surface area contributed by atoms with Gasteiger partial charge in [-0.15, -0.1) is 16.4 Å². The Labute approximate surface area is 677 Å². The van der Waals surface area contributed by atoms with E-state index in [0.717, 1.165) is 25.8 Å². The van der Waals surface area contributed by atoms with E-state index in [2.05, 4.69) is 150 Å². The van der Waals surface area contributed by atoms with Crippen LogP contribution in [-0.4, -0.2) is 106 Å². The Bertz CT molecular complexity index is 6010. The average molecular weight is 1750 g/mol. The van der Waals surface area contributed by atoms with Gasteiger partial charge in [-0.05, 0) is 152 Å². The van der Waals surface area contributed by atoms with Gasteiger partial charge in [0, 0.05) is 73.0 Å². The summed E-state index contributed by atoms with van der Waals surface area (Å²) in [6.07, 6.45) is 11.0. The number of carbonyl (C=O) groups is 4. The number of aromatic amines is 5. The number of thiazole rings is 1. The standard InChI is InChI=1S/C22H19ClFN5O.C21H17ClFN5O.C17H10BrClFN5OS.C15H9BrClFN8O/c1-13-10-14(23)5-6-17(13)29-20-16(11-18-21(19(20)24)28-12-27-18)22(30)26-9-7-15-4-2-3-8-25-15;1-12-8-13(22)5-6-16(12)28-19-15(9-17-20(18(19)23)27-11-26-17)21(29)25-10-14-4-2-3-7-24-14;18-8-1-2-11(10(19)5-8)24-14-9(16(26)25-17-21-3-4-27-17)6-12-15(13(14)20)23-7-22-12;16-6-1-2-9(8(17)3-6)21-12-7(14(27)22-15-23-25-26-24-15)4-10-13(11(12)18)20-5-19-10/h2-6,8,10-12,29H,7,9H2,1H3,(H,26,30)(H,27,28);2-9,11,28H,10H2,1H3,(H,25,29)(H,26,27);1-7,24H,(H,22,23)(H,21,25,26);1-5,21H,(H,19,20)(H2,22,23,24,25,26,27). The molecule has 0 fully saturated rings. The zero-order valence-electron chi connectivity index (χ0n) is 58.2. The molecule has 0 spiro atoms. The fourth-order valence-electron chi connectivity index (χ4n) is 11.2. The monoisotopic (exact) mass is 1750 g/mol. The van der Waals surface area contributed by atoms with Gasteiger partial charge >= 0.3 is 0 Å². The number of pyridine rings is 2. The highest BCUT2D eigenvalue weighted by Gasteiger charge is 2.27. The minimum atomic E-state index is -0.703. The number of nitrogens with one attached hydrogen (secondary N) is 13. The summed E-state index contributed by atoms with van der Waals surface area (Å²) in [6, 6.07) is 37.8. The predicted molar refractivity (Wildman–Crippen MR) is 436 cm³/mol. The van der Waals surface area contributed by atoms with Crippen LogP contribution in [0.3, 0.4) is 0 Å². The first-order valence-electron chi connectivity index (χ1n) is 33.4. The molecule has 4 amide bonds. The van der Waals surface area contributed by atoms with E-state index in [4.69, 9.17) is 46.4 Å². The Morgan fingerprint density at radius 1 is 0.451 bits per heavy atom. The SMILES string of the molecule is Cc1cc(Cl)ccc1Nc1c(C(=O)NCCc2ccccn2)cc2[nH]cnc2c1F.Cc1cc(Cl)ccc1Nc1c(C(=O)NCc2ccccn2)cc2[nH]cnc2c1F.O=C(Nc1nccs1)c1cc2[nH]cnc2c(F)c1Nc1ccc(Br)cc1Cl.O=C(Nc1nn[nH]n1)c1cc2[nH]cnc2c(F)c1Nc1ccc(Br)cc1Cl. The summed E-state index contributed by atoms with van der Waals surface area (Å²) in [7, 11) is 0. The van der Waals surface area contributed by atoms with Gasteiger partial charge in [0.25, 0.3) is 29.6 Å². The molecule has 0 saturated carbocycles. The van der Waals surface area contributed by atoms with Crippen molar-refractivity contribution in [2.75, 3.05) is 38.4 Å². The number of anilines is 10. The van der Waals surface area contributed by atoms with E-state index in [0.29, 0.717) is 88.7 Å². The molecule has 8 aromatic carbocycles. The zero-order valence-corrected chi connectivity index (χ0v) is 65.2. The molecular weight excluding hydrogens is 1700 g/mol. The Hall–Kier alpha value is -12.4. The molecule has 8 aromatic heterocycles. The number of amides is 4. The number of tetrazole rings is 1. The first kappa shape index (κ1) is 78.7. The summed E-state index contributed by atoms with van der Waals surface area (Å²) in [5.74, 6) is -4.57. The summed E-state index contributed by atoms with van der Waals surface area (Å²) < 4.78 is 62.2. The van der Waals surface area contributed by atoms with Gasteiger partial charge in [-0.2, -0.15) is 5.21 Å². The molecule has 0 aliphatic carbocycles. The van der Waals surface area contributed by atoms with Crippen LogP contribution in [0.25, 0.3) is 44.1 Å². The normalized spacial score (nSPS) is 10.9. The van der Waals surface area contributed by atoms with E-state index < -0.39 is 46.9 Å². The van der Waals surface area contributed by atoms with Crippen LogP contribution in [0.5, 0.6) is 0 Å². The molecule has 0 radical (unpaired) electrons. The fraction of sp³-hybridized carbons (Fsp3) is 0.0667. The predicted octanol–water partition coefficient (Wildman–Crippen LogP) is 18.7. The Balaban J connectivity index is 0.000000132. The van der Waals surface area contributed by atoms with Crippen molar-refractivity contribution < 1.29 is 36.7 Å². The lowest BCUT2D eigenvalue weighted by Crippen LogP contribution is -2.27. The number of benzene rings is 8. The molecule has 0 atom stereocenters. The van der Waals surface area contributed by atoms with E-state index in [-0.39, 0.29) is 79.6 Å². The third-order valence-electron chi connectivity index (χ3n) is 16.6. The smallest absolute Gasteiger partial charge is 0.270 e. The molecular formula is C75H55Br2Cl4F4N23O4S. The van der Waals surface area contributed by atoms with Gasteiger partial charge in [0.15, 0.2) is 28.4 Å². The van der Waals surface area contributed by atoms with Crippen molar-refractivity contribution in [1.82, 2.24) is 86.1 Å². The largest absolute Gasteiger partial charge is 0.352 e. The Morgan fingerprint density at radius 3 is 1.27 bits per heavy atom. The molecule has 8 heterocycles. The van der Waals surface area contributed by atoms with Crippen molar-refractivity contribution >= 4 is 214 Å². The quantitative estimate of drug-likeness (QED) is 0.0334. The number of hydrogen-bond acceptors (Lipinski definition) is 19. The molecule has 38 heteroatoms. The second kappa shape index (κ2) is 35.7. The molecule has 16 rings (SSSR count). The molecule has 0 aliphatic heterocycles. The molecule has 0 aliphatic rings. The molecule has 570 valence electrons. The number of fused-ring (bicyclic) bond motifs is 4. The zero-order chi connectivity index (χ0) is 79.4. The lowest BCUT2D eigenvalue weighted by atomic mass is 10.1. The number of halogens is 10. The number of rotatable bonds is 19. The number of aryl methyl sites for hydroxylation is 2. The van der Waals surface area contributed by atoms with Crippen molar-refractivity contribution in [2.24, 2.45) is 0 Å². The van der Waals surface area contributed by atoms with E-state index in [9.17, 15) is 19.2 Å². The lowest BCUT2D eigenvalue weighted by Gasteiger charge is -2.15. The van der Waals surface area contributed by atoms with Crippen molar-refractivity contribution in [3.05, 3.63) is 280 Å².